The van der Waals surface area contributed by atoms with Gasteiger partial charge in [0, 0.05) is 18.5 Å². The number of anilines is 2. The molecule has 1 fully saturated rings. The van der Waals surface area contributed by atoms with E-state index in [2.05, 4.69) is 26.2 Å². The molecule has 2 aliphatic rings. The van der Waals surface area contributed by atoms with Gasteiger partial charge in [-0.25, -0.2) is 9.18 Å². The van der Waals surface area contributed by atoms with E-state index >= 15 is 0 Å². The van der Waals surface area contributed by atoms with Crippen LogP contribution in [0.4, 0.5) is 20.6 Å². The molecule has 154 valence electrons. The molecule has 2 aromatic rings. The number of nitrogens with zero attached hydrogens (tertiary/aromatic N) is 3. The van der Waals surface area contributed by atoms with Crippen LogP contribution < -0.4 is 10.2 Å². The number of fused-ring (bicyclic) bond motifs is 5. The second kappa shape index (κ2) is 6.98. The monoisotopic (exact) mass is 484 g/mol. The van der Waals surface area contributed by atoms with Gasteiger partial charge in [-0.15, -0.1) is 0 Å². The largest absolute Gasteiger partial charge is 0.444 e. The molecule has 1 saturated heterocycles. The minimum absolute atomic E-state index is 0.144. The van der Waals surface area contributed by atoms with Crippen molar-refractivity contribution in [3.8, 4) is 0 Å². The number of piperazine rings is 1. The van der Waals surface area contributed by atoms with Gasteiger partial charge >= 0.3 is 6.09 Å². The highest BCUT2D eigenvalue weighted by molar-refractivity contribution is 9.10. The Labute approximate surface area is 180 Å². The summed E-state index contributed by atoms with van der Waals surface area (Å²) < 4.78 is 20.3. The molecule has 1 atom stereocenters. The van der Waals surface area contributed by atoms with Gasteiger partial charge in [-0.1, -0.05) is 11.6 Å². The van der Waals surface area contributed by atoms with Gasteiger partial charge in [0.25, 0.3) is 0 Å². The Kier molecular flexibility index (Phi) is 4.85. The van der Waals surface area contributed by atoms with Gasteiger partial charge in [-0.05, 0) is 42.8 Å². The lowest BCUT2D eigenvalue weighted by Crippen LogP contribution is -2.61. The average Bonchev–Trinajstić information content (AvgIpc) is 2.64. The lowest BCUT2D eigenvalue weighted by Gasteiger charge is -2.45. The van der Waals surface area contributed by atoms with E-state index in [1.165, 1.54) is 11.1 Å². The Morgan fingerprint density at radius 1 is 1.41 bits per heavy atom. The van der Waals surface area contributed by atoms with Crippen molar-refractivity contribution in [3.63, 3.8) is 0 Å². The lowest BCUT2D eigenvalue weighted by molar-refractivity contribution is -0.118. The number of pyridine rings is 1. The van der Waals surface area contributed by atoms with Crippen LogP contribution in [0.2, 0.25) is 5.02 Å². The summed E-state index contributed by atoms with van der Waals surface area (Å²) in [5.74, 6) is -0.813. The first-order chi connectivity index (χ1) is 13.6. The van der Waals surface area contributed by atoms with Crippen molar-refractivity contribution in [2.24, 2.45) is 0 Å². The third kappa shape index (κ3) is 3.50. The third-order valence-electron chi connectivity index (χ3n) is 4.85. The molecule has 2 aliphatic heterocycles. The predicted octanol–water partition coefficient (Wildman–Crippen LogP) is 4.17. The van der Waals surface area contributed by atoms with Crippen molar-refractivity contribution in [2.75, 3.05) is 29.9 Å². The fraction of sp³-hybridized carbons (Fsp3) is 0.421. The maximum Gasteiger partial charge on any atom is 0.410 e. The predicted molar refractivity (Wildman–Crippen MR) is 112 cm³/mol. The van der Waals surface area contributed by atoms with E-state index in [9.17, 15) is 14.0 Å². The summed E-state index contributed by atoms with van der Waals surface area (Å²) in [7, 11) is 0. The Bertz CT molecular complexity index is 1040. The van der Waals surface area contributed by atoms with Crippen molar-refractivity contribution >= 4 is 61.8 Å². The summed E-state index contributed by atoms with van der Waals surface area (Å²) in [4.78, 5) is 32.7. The van der Waals surface area contributed by atoms with Gasteiger partial charge in [0.15, 0.2) is 5.82 Å². The first-order valence-corrected chi connectivity index (χ1v) is 10.3. The maximum absolute atomic E-state index is 14.7. The molecule has 1 aromatic carbocycles. The smallest absolute Gasteiger partial charge is 0.410 e. The van der Waals surface area contributed by atoms with E-state index in [-0.39, 0.29) is 27.5 Å². The molecule has 29 heavy (non-hydrogen) atoms. The number of benzene rings is 1. The van der Waals surface area contributed by atoms with Crippen LogP contribution >= 0.6 is 27.5 Å². The van der Waals surface area contributed by atoms with Crippen LogP contribution in [0.3, 0.4) is 0 Å². The van der Waals surface area contributed by atoms with Gasteiger partial charge < -0.3 is 19.9 Å². The number of amides is 2. The highest BCUT2D eigenvalue weighted by Gasteiger charge is 2.41. The molecule has 0 saturated carbocycles. The molecule has 1 N–H and O–H groups in total. The minimum atomic E-state index is -0.626. The summed E-state index contributed by atoms with van der Waals surface area (Å²) in [6.45, 7) is 6.30. The van der Waals surface area contributed by atoms with E-state index in [1.54, 1.807) is 26.8 Å². The normalized spacial score (nSPS) is 19.0. The van der Waals surface area contributed by atoms with Crippen molar-refractivity contribution in [2.45, 2.75) is 32.4 Å². The second-order valence-electron chi connectivity index (χ2n) is 8.03. The number of nitrogens with one attached hydrogen (secondary N) is 1. The summed E-state index contributed by atoms with van der Waals surface area (Å²) in [6.07, 6.45) is 0.975. The van der Waals surface area contributed by atoms with Crippen molar-refractivity contribution in [1.82, 2.24) is 9.88 Å². The quantitative estimate of drug-likeness (QED) is 0.567. The summed E-state index contributed by atoms with van der Waals surface area (Å²) in [5, 5.41) is 3.53. The second-order valence-corrected chi connectivity index (χ2v) is 9.23. The number of halogens is 3. The van der Waals surface area contributed by atoms with Gasteiger partial charge in [0.2, 0.25) is 5.91 Å². The Morgan fingerprint density at radius 2 is 2.14 bits per heavy atom. The van der Waals surface area contributed by atoms with Gasteiger partial charge in [-0.3, -0.25) is 9.78 Å². The molecule has 4 rings (SSSR count). The fourth-order valence-electron chi connectivity index (χ4n) is 3.61. The van der Waals surface area contributed by atoms with Crippen molar-refractivity contribution < 1.29 is 18.7 Å². The van der Waals surface area contributed by atoms with Crippen LogP contribution in [0.15, 0.2) is 16.7 Å². The van der Waals surface area contributed by atoms with Crippen LogP contribution in [0.25, 0.3) is 10.9 Å². The third-order valence-corrected chi connectivity index (χ3v) is 6.15. The zero-order valence-corrected chi connectivity index (χ0v) is 18.4. The zero-order chi connectivity index (χ0) is 21.1. The van der Waals surface area contributed by atoms with Crippen LogP contribution in [-0.4, -0.2) is 53.2 Å². The lowest BCUT2D eigenvalue weighted by atomic mass is 10.0. The van der Waals surface area contributed by atoms with E-state index < -0.39 is 23.6 Å². The average molecular weight is 486 g/mol. The summed E-state index contributed by atoms with van der Waals surface area (Å²) in [5.41, 5.74) is 0.669. The molecule has 2 amide bonds. The number of carbonyl (C=O) groups is 2. The fourth-order valence-corrected chi connectivity index (χ4v) is 4.11. The molecule has 10 heteroatoms. The number of carbonyl (C=O) groups excluding carboxylic acids is 2. The molecule has 3 heterocycles. The molecule has 0 aliphatic carbocycles. The first-order valence-electron chi connectivity index (χ1n) is 9.08. The SMILES string of the molecule is CC(C)(C)OC(=O)N1CCN2c3c(cnc4c(F)c(Br)c(Cl)cc34)NC(=O)[C@H]2C1. The maximum atomic E-state index is 14.7. The molecule has 0 spiro atoms. The topological polar surface area (TPSA) is 74.8 Å². The number of aromatic nitrogens is 1. The van der Waals surface area contributed by atoms with Gasteiger partial charge in [-0.2, -0.15) is 0 Å². The first kappa shape index (κ1) is 20.2. The van der Waals surface area contributed by atoms with Crippen molar-refractivity contribution in [1.29, 1.82) is 0 Å². The number of rotatable bonds is 0. The number of ether oxygens (including phenoxy) is 1. The molecule has 0 radical (unpaired) electrons. The number of hydrogen-bond acceptors (Lipinski definition) is 5. The van der Waals surface area contributed by atoms with E-state index in [4.69, 9.17) is 16.3 Å². The Balaban J connectivity index is 1.73. The van der Waals surface area contributed by atoms with E-state index in [0.29, 0.717) is 29.9 Å². The Morgan fingerprint density at radius 3 is 2.83 bits per heavy atom. The highest BCUT2D eigenvalue weighted by Crippen LogP contribution is 2.42. The van der Waals surface area contributed by atoms with Crippen LogP contribution in [-0.2, 0) is 9.53 Å². The van der Waals surface area contributed by atoms with Crippen molar-refractivity contribution in [3.05, 3.63) is 27.6 Å². The van der Waals surface area contributed by atoms with Gasteiger partial charge in [0.1, 0.15) is 17.2 Å². The zero-order valence-electron chi connectivity index (χ0n) is 16.1. The van der Waals surface area contributed by atoms with Crippen LogP contribution in [0.5, 0.6) is 0 Å². The molecule has 1 aromatic heterocycles. The molecule has 0 bridgehead atoms. The summed E-state index contributed by atoms with van der Waals surface area (Å²) in [6, 6.07) is 1.00. The molecular formula is C19H19BrClFN4O3. The van der Waals surface area contributed by atoms with E-state index in [0.717, 1.165) is 0 Å². The molecular weight excluding hydrogens is 467 g/mol. The van der Waals surface area contributed by atoms with E-state index in [1.807, 2.05) is 4.90 Å². The number of hydrogen-bond donors (Lipinski definition) is 1. The Hall–Kier alpha value is -2.13. The van der Waals surface area contributed by atoms with Crippen LogP contribution in [0, 0.1) is 5.82 Å². The molecule has 7 nitrogen and oxygen atoms in total. The van der Waals surface area contributed by atoms with Gasteiger partial charge in [0.05, 0.1) is 33.6 Å². The summed E-state index contributed by atoms with van der Waals surface area (Å²) >= 11 is 9.31. The highest BCUT2D eigenvalue weighted by atomic mass is 79.9. The van der Waals surface area contributed by atoms with Crippen LogP contribution in [0.1, 0.15) is 20.8 Å². The standard InChI is InChI=1S/C19H19BrClFN4O3/c1-19(2,3)29-18(28)25-4-5-26-12(8-25)17(27)24-11-7-23-15-9(16(11)26)6-10(21)13(20)14(15)22/h6-7,12H,4-5,8H2,1-3H3,(H,24,27)/t12-/m1/s1. The minimum Gasteiger partial charge on any atom is -0.444 e. The molecule has 0 unspecified atom stereocenters.